The fraction of sp³-hybridized carbons (Fsp3) is 0.545. The van der Waals surface area contributed by atoms with E-state index >= 15 is 0 Å². The number of nitriles is 2. The molecule has 0 aliphatic heterocycles. The smallest absolute Gasteiger partial charge is 0.307 e. The molecule has 2 N–H and O–H groups in total. The number of ether oxygens (including phenoxy) is 5. The first-order valence-corrected chi connectivity index (χ1v) is 21.3. The molecule has 2 rings (SSSR count). The number of carboxylic acids is 2. The lowest BCUT2D eigenvalue weighted by Gasteiger charge is -2.25. The summed E-state index contributed by atoms with van der Waals surface area (Å²) in [4.78, 5) is 50.0. The molecule has 16 nitrogen and oxygen atoms in total. The highest BCUT2D eigenvalue weighted by atomic mass is 32.1. The molecular weight excluding hydrogens is 807 g/mol. The molecule has 0 fully saturated rings. The Morgan fingerprint density at radius 1 is 0.738 bits per heavy atom. The molecule has 2 aromatic rings. The van der Waals surface area contributed by atoms with Crippen molar-refractivity contribution in [2.75, 3.05) is 70.8 Å². The van der Waals surface area contributed by atoms with E-state index in [1.807, 2.05) is 50.0 Å². The van der Waals surface area contributed by atoms with Gasteiger partial charge in [0.25, 0.3) is 0 Å². The fourth-order valence-electron chi connectivity index (χ4n) is 5.58. The molecule has 0 saturated carbocycles. The van der Waals surface area contributed by atoms with Gasteiger partial charge in [0, 0.05) is 18.8 Å². The summed E-state index contributed by atoms with van der Waals surface area (Å²) in [5, 5.41) is 46.8. The Kier molecular flexibility index (Phi) is 25.9. The minimum Gasteiger partial charge on any atom is -0.481 e. The van der Waals surface area contributed by atoms with Crippen LogP contribution in [0.3, 0.4) is 0 Å². The van der Waals surface area contributed by atoms with Gasteiger partial charge in [-0.25, -0.2) is 0 Å². The number of hydrogen-bond donors (Lipinski definition) is 2. The number of unbranched alkanes of at least 4 members (excludes halogenated alkanes) is 2. The number of benzene rings is 1. The van der Waals surface area contributed by atoms with Gasteiger partial charge in [0.15, 0.2) is 5.00 Å². The van der Waals surface area contributed by atoms with Gasteiger partial charge in [0.1, 0.15) is 30.2 Å². The summed E-state index contributed by atoms with van der Waals surface area (Å²) >= 11 is 1.11. The Labute approximate surface area is 362 Å². The summed E-state index contributed by atoms with van der Waals surface area (Å²) in [7, 11) is 0. The van der Waals surface area contributed by atoms with Crippen molar-refractivity contribution in [1.29, 1.82) is 10.5 Å². The number of aryl methyl sites for hydroxylation is 1. The van der Waals surface area contributed by atoms with Crippen LogP contribution in [-0.4, -0.2) is 100 Å². The number of anilines is 1. The first-order valence-electron chi connectivity index (χ1n) is 20.5. The SMILES string of the molecule is CCC/C=C/CC(CC(=O)OCCOCCOCCN(CCOCCOC(=O)CC(C/C=C/CCC)C(=O)O)c1ccc(/N=N/c2sc(C#N)c(C)c2C#N)c(C)c1)C(=O)O. The quantitative estimate of drug-likeness (QED) is 0.0306. The van der Waals surface area contributed by atoms with Gasteiger partial charge in [0.2, 0.25) is 0 Å². The van der Waals surface area contributed by atoms with E-state index < -0.39 is 35.7 Å². The van der Waals surface area contributed by atoms with Gasteiger partial charge in [-0.3, -0.25) is 19.2 Å². The second-order valence-electron chi connectivity index (χ2n) is 13.9. The largest absolute Gasteiger partial charge is 0.481 e. The highest BCUT2D eigenvalue weighted by molar-refractivity contribution is 7.16. The molecule has 17 heteroatoms. The van der Waals surface area contributed by atoms with E-state index in [4.69, 9.17) is 23.7 Å². The first-order chi connectivity index (χ1) is 29.4. The summed E-state index contributed by atoms with van der Waals surface area (Å²) in [5.74, 6) is -4.99. The zero-order chi connectivity index (χ0) is 44.8. The monoisotopic (exact) mass is 865 g/mol. The third-order valence-electron chi connectivity index (χ3n) is 9.11. The molecule has 61 heavy (non-hydrogen) atoms. The van der Waals surface area contributed by atoms with Crippen LogP contribution in [0.5, 0.6) is 0 Å². The van der Waals surface area contributed by atoms with E-state index in [9.17, 15) is 39.9 Å². The van der Waals surface area contributed by atoms with Crippen molar-refractivity contribution in [2.24, 2.45) is 22.1 Å². The maximum atomic E-state index is 12.3. The van der Waals surface area contributed by atoms with Crippen LogP contribution in [-0.2, 0) is 42.9 Å². The van der Waals surface area contributed by atoms with Crippen LogP contribution in [0.4, 0.5) is 16.4 Å². The van der Waals surface area contributed by atoms with Crippen LogP contribution >= 0.6 is 11.3 Å². The van der Waals surface area contributed by atoms with Crippen molar-refractivity contribution in [3.05, 3.63) is 64.1 Å². The molecule has 0 spiro atoms. The summed E-state index contributed by atoms with van der Waals surface area (Å²) < 4.78 is 27.5. The molecule has 0 radical (unpaired) electrons. The summed E-state index contributed by atoms with van der Waals surface area (Å²) in [6.07, 6.45) is 11.1. The van der Waals surface area contributed by atoms with Gasteiger partial charge in [-0.15, -0.1) is 21.6 Å². The van der Waals surface area contributed by atoms with E-state index in [1.54, 1.807) is 25.1 Å². The standard InChI is InChI=1S/C44H59N5O11S/c1-5-7-9-11-13-34(43(52)53)28-40(50)59-25-23-57-20-18-49(36-15-16-38(32(3)27-36)47-48-42-37(30-45)33(4)39(31-46)61-42)17-19-56-21-22-58-24-26-60-41(51)29-35(44(54)55)14-12-10-8-6-2/h9-12,15-16,27,34-35H,5-8,13-14,17-26,28-29H2,1-4H3,(H,52,53)(H,54,55)/b11-9+,12-10+,48-47+. The lowest BCUT2D eigenvalue weighted by Crippen LogP contribution is -2.31. The van der Waals surface area contributed by atoms with Gasteiger partial charge < -0.3 is 38.8 Å². The van der Waals surface area contributed by atoms with E-state index in [2.05, 4.69) is 22.4 Å². The number of esters is 2. The lowest BCUT2D eigenvalue weighted by atomic mass is 10.0. The van der Waals surface area contributed by atoms with Crippen molar-refractivity contribution < 1.29 is 53.1 Å². The summed E-state index contributed by atoms with van der Waals surface area (Å²) in [6.45, 7) is 9.88. The molecule has 0 amide bonds. The van der Waals surface area contributed by atoms with Crippen molar-refractivity contribution in [3.8, 4) is 12.1 Å². The third kappa shape index (κ3) is 20.6. The highest BCUT2D eigenvalue weighted by Gasteiger charge is 2.22. The number of rotatable bonds is 32. The minimum atomic E-state index is -1.05. The molecule has 2 atom stereocenters. The fourth-order valence-corrected chi connectivity index (χ4v) is 6.46. The summed E-state index contributed by atoms with van der Waals surface area (Å²) in [5.41, 5.74) is 3.14. The number of azo groups is 1. The Morgan fingerprint density at radius 2 is 1.25 bits per heavy atom. The number of hydrogen-bond acceptors (Lipinski definition) is 15. The minimum absolute atomic E-state index is 0.00826. The number of thiophene rings is 1. The molecule has 1 aromatic carbocycles. The highest BCUT2D eigenvalue weighted by Crippen LogP contribution is 2.36. The number of carboxylic acid groups (broad SMARTS) is 2. The average molecular weight is 866 g/mol. The van der Waals surface area contributed by atoms with Crippen LogP contribution in [0, 0.1) is 48.3 Å². The number of nitrogens with zero attached hydrogens (tertiary/aromatic N) is 5. The lowest BCUT2D eigenvalue weighted by molar-refractivity contribution is -0.152. The normalized spacial score (nSPS) is 12.4. The Bertz CT molecular complexity index is 1860. The van der Waals surface area contributed by atoms with Crippen molar-refractivity contribution in [1.82, 2.24) is 0 Å². The zero-order valence-corrected chi connectivity index (χ0v) is 36.5. The maximum absolute atomic E-state index is 12.3. The molecule has 0 bridgehead atoms. The predicted octanol–water partition coefficient (Wildman–Crippen LogP) is 8.14. The van der Waals surface area contributed by atoms with Crippen LogP contribution < -0.4 is 4.90 Å². The van der Waals surface area contributed by atoms with Gasteiger partial charge >= 0.3 is 23.9 Å². The molecule has 332 valence electrons. The summed E-state index contributed by atoms with van der Waals surface area (Å²) in [6, 6.07) is 9.79. The zero-order valence-electron chi connectivity index (χ0n) is 35.6. The van der Waals surface area contributed by atoms with E-state index in [1.165, 1.54) is 0 Å². The van der Waals surface area contributed by atoms with Crippen molar-refractivity contribution >= 4 is 51.6 Å². The van der Waals surface area contributed by atoms with Crippen LogP contribution in [0.1, 0.15) is 86.8 Å². The van der Waals surface area contributed by atoms with Crippen LogP contribution in [0.25, 0.3) is 0 Å². The molecule has 0 aliphatic rings. The number of allylic oxidation sites excluding steroid dienone is 4. The maximum Gasteiger partial charge on any atom is 0.307 e. The number of aliphatic carboxylic acids is 2. The van der Waals surface area contributed by atoms with E-state index in [0.717, 1.165) is 48.3 Å². The molecule has 1 heterocycles. The van der Waals surface area contributed by atoms with Crippen LogP contribution in [0.2, 0.25) is 0 Å². The molecule has 0 aliphatic carbocycles. The molecule has 0 saturated heterocycles. The van der Waals surface area contributed by atoms with Gasteiger partial charge in [-0.05, 0) is 68.9 Å². The van der Waals surface area contributed by atoms with Gasteiger partial charge in [-0.2, -0.15) is 10.5 Å². The van der Waals surface area contributed by atoms with Crippen molar-refractivity contribution in [3.63, 3.8) is 0 Å². The Balaban J connectivity index is 1.92. The second-order valence-corrected chi connectivity index (χ2v) is 14.9. The molecule has 2 unspecified atom stereocenters. The van der Waals surface area contributed by atoms with Crippen molar-refractivity contribution in [2.45, 2.75) is 79.1 Å². The molecule has 1 aromatic heterocycles. The number of carbonyl (C=O) groups is 4. The third-order valence-corrected chi connectivity index (χ3v) is 10.2. The van der Waals surface area contributed by atoms with E-state index in [-0.39, 0.29) is 71.9 Å². The Hall–Kier alpha value is -5.46. The first kappa shape index (κ1) is 51.7. The van der Waals surface area contributed by atoms with Gasteiger partial charge in [0.05, 0.1) is 75.6 Å². The topological polar surface area (TPSA) is 230 Å². The van der Waals surface area contributed by atoms with Crippen LogP contribution in [0.15, 0.2) is 52.7 Å². The predicted molar refractivity (Wildman–Crippen MR) is 229 cm³/mol. The number of carbonyl (C=O) groups excluding carboxylic acids is 2. The second kappa shape index (κ2) is 30.5. The average Bonchev–Trinajstić information content (AvgIpc) is 3.55. The molecular formula is C44H59N5O11S. The Morgan fingerprint density at radius 3 is 1.70 bits per heavy atom. The van der Waals surface area contributed by atoms with Gasteiger partial charge in [-0.1, -0.05) is 51.0 Å². The van der Waals surface area contributed by atoms with E-state index in [0.29, 0.717) is 46.4 Å².